The molecule has 2 heterocycles. The third-order valence-corrected chi connectivity index (χ3v) is 6.63. The molecule has 1 fully saturated rings. The van der Waals surface area contributed by atoms with Crippen LogP contribution < -0.4 is 10.0 Å². The minimum atomic E-state index is -3.65. The molecule has 2 N–H and O–H groups in total. The summed E-state index contributed by atoms with van der Waals surface area (Å²) in [6.45, 7) is 0.235. The molecule has 8 nitrogen and oxygen atoms in total. The van der Waals surface area contributed by atoms with E-state index in [1.54, 1.807) is 47.5 Å². The van der Waals surface area contributed by atoms with Crippen LogP contribution in [0.25, 0.3) is 5.82 Å². The van der Waals surface area contributed by atoms with Crippen molar-refractivity contribution in [2.45, 2.75) is 43.2 Å². The third kappa shape index (κ3) is 4.58. The number of hydrogen-bond acceptors (Lipinski definition) is 5. The maximum Gasteiger partial charge on any atom is 0.251 e. The number of pyridine rings is 1. The number of carbonyl (C=O) groups excluding carboxylic acids is 1. The van der Waals surface area contributed by atoms with Crippen LogP contribution in [0.4, 0.5) is 0 Å². The molecule has 1 aromatic carbocycles. The van der Waals surface area contributed by atoms with E-state index in [0.717, 1.165) is 31.2 Å². The number of carbonyl (C=O) groups is 1. The average molecular weight is 426 g/mol. The van der Waals surface area contributed by atoms with Crippen molar-refractivity contribution in [2.24, 2.45) is 0 Å². The lowest BCUT2D eigenvalue weighted by Gasteiger charge is -2.13. The summed E-state index contributed by atoms with van der Waals surface area (Å²) in [6, 6.07) is 11.5. The van der Waals surface area contributed by atoms with Gasteiger partial charge in [-0.05, 0) is 43.2 Å². The van der Waals surface area contributed by atoms with Gasteiger partial charge in [0.1, 0.15) is 0 Å². The Labute approximate surface area is 175 Å². The van der Waals surface area contributed by atoms with E-state index in [0.29, 0.717) is 5.82 Å². The maximum absolute atomic E-state index is 12.7. The molecule has 3 aromatic rings. The molecular weight excluding hydrogens is 402 g/mol. The highest BCUT2D eigenvalue weighted by Gasteiger charge is 2.23. The molecule has 0 radical (unpaired) electrons. The highest BCUT2D eigenvalue weighted by molar-refractivity contribution is 7.89. The summed E-state index contributed by atoms with van der Waals surface area (Å²) in [5.74, 6) is 0.267. The Balaban J connectivity index is 1.47. The van der Waals surface area contributed by atoms with Crippen LogP contribution in [0.2, 0.25) is 0 Å². The largest absolute Gasteiger partial charge is 0.348 e. The molecule has 0 spiro atoms. The van der Waals surface area contributed by atoms with Gasteiger partial charge in [0.05, 0.1) is 4.90 Å². The molecule has 9 heteroatoms. The second kappa shape index (κ2) is 8.76. The van der Waals surface area contributed by atoms with E-state index in [9.17, 15) is 13.2 Å². The van der Waals surface area contributed by atoms with Gasteiger partial charge in [-0.15, -0.1) is 0 Å². The number of hydrogen-bond donors (Lipinski definition) is 2. The molecule has 4 rings (SSSR count). The zero-order chi connectivity index (χ0) is 21.0. The third-order valence-electron chi connectivity index (χ3n) is 5.11. The summed E-state index contributed by atoms with van der Waals surface area (Å²) < 4.78 is 29.7. The van der Waals surface area contributed by atoms with Crippen molar-refractivity contribution in [1.29, 1.82) is 0 Å². The molecule has 0 aliphatic heterocycles. The van der Waals surface area contributed by atoms with Crippen molar-refractivity contribution in [3.8, 4) is 5.82 Å². The molecule has 156 valence electrons. The van der Waals surface area contributed by atoms with Gasteiger partial charge in [-0.25, -0.2) is 22.8 Å². The fourth-order valence-corrected chi connectivity index (χ4v) is 4.93. The highest BCUT2D eigenvalue weighted by Crippen LogP contribution is 2.21. The van der Waals surface area contributed by atoms with Gasteiger partial charge < -0.3 is 5.32 Å². The summed E-state index contributed by atoms with van der Waals surface area (Å²) >= 11 is 0. The number of benzene rings is 1. The minimum absolute atomic E-state index is 0.0289. The SMILES string of the molecule is O=C(NCc1cccnc1-n1cccn1)c1cccc(S(=O)(=O)NC2CCCC2)c1. The van der Waals surface area contributed by atoms with E-state index in [1.165, 1.54) is 12.1 Å². The number of rotatable bonds is 7. The van der Waals surface area contributed by atoms with Crippen molar-refractivity contribution in [3.63, 3.8) is 0 Å². The lowest BCUT2D eigenvalue weighted by atomic mass is 10.2. The first kappa shape index (κ1) is 20.2. The lowest BCUT2D eigenvalue weighted by molar-refractivity contribution is 0.0950. The second-order valence-corrected chi connectivity index (χ2v) is 8.96. The van der Waals surface area contributed by atoms with Crippen LogP contribution in [-0.2, 0) is 16.6 Å². The number of aromatic nitrogens is 3. The first-order chi connectivity index (χ1) is 14.5. The summed E-state index contributed by atoms with van der Waals surface area (Å²) in [5, 5.41) is 7.01. The van der Waals surface area contributed by atoms with Gasteiger partial charge in [-0.2, -0.15) is 5.10 Å². The Morgan fingerprint density at radius 2 is 1.93 bits per heavy atom. The van der Waals surface area contributed by atoms with E-state index >= 15 is 0 Å². The fourth-order valence-electron chi connectivity index (χ4n) is 3.58. The number of nitrogens with zero attached hydrogens (tertiary/aromatic N) is 3. The molecule has 2 aromatic heterocycles. The topological polar surface area (TPSA) is 106 Å². The monoisotopic (exact) mass is 425 g/mol. The van der Waals surface area contributed by atoms with Crippen LogP contribution in [0.15, 0.2) is 66.0 Å². The van der Waals surface area contributed by atoms with Gasteiger partial charge in [-0.1, -0.05) is 25.0 Å². The molecule has 1 aliphatic carbocycles. The minimum Gasteiger partial charge on any atom is -0.348 e. The predicted octanol–water partition coefficient (Wildman–Crippen LogP) is 2.42. The molecule has 0 atom stereocenters. The van der Waals surface area contributed by atoms with Crippen LogP contribution in [-0.4, -0.2) is 35.1 Å². The highest BCUT2D eigenvalue weighted by atomic mass is 32.2. The molecule has 1 aliphatic rings. The Kier molecular flexibility index (Phi) is 5.91. The zero-order valence-corrected chi connectivity index (χ0v) is 17.2. The first-order valence-corrected chi connectivity index (χ1v) is 11.4. The average Bonchev–Trinajstić information content (AvgIpc) is 3.46. The zero-order valence-electron chi connectivity index (χ0n) is 16.4. The van der Waals surface area contributed by atoms with Crippen LogP contribution in [0.3, 0.4) is 0 Å². The standard InChI is InChI=1S/C21H23N5O3S/c27-21(23-15-17-7-4-11-22-20(17)26-13-5-12-24-26)16-6-3-10-19(14-16)30(28,29)25-18-8-1-2-9-18/h3-7,10-14,18,25H,1-2,8-9,15H2,(H,23,27). The summed E-state index contributed by atoms with van der Waals surface area (Å²) in [4.78, 5) is 17.1. The van der Waals surface area contributed by atoms with Gasteiger partial charge in [0.25, 0.3) is 5.91 Å². The van der Waals surface area contributed by atoms with Crippen molar-refractivity contribution in [2.75, 3.05) is 0 Å². The molecule has 0 bridgehead atoms. The normalized spacial score (nSPS) is 14.7. The summed E-state index contributed by atoms with van der Waals surface area (Å²) in [6.07, 6.45) is 8.86. The van der Waals surface area contributed by atoms with Gasteiger partial charge in [-0.3, -0.25) is 4.79 Å². The second-order valence-electron chi connectivity index (χ2n) is 7.25. The summed E-state index contributed by atoms with van der Waals surface area (Å²) in [5.41, 5.74) is 1.08. The van der Waals surface area contributed by atoms with Crippen molar-refractivity contribution < 1.29 is 13.2 Å². The van der Waals surface area contributed by atoms with E-state index in [-0.39, 0.29) is 29.0 Å². The van der Waals surface area contributed by atoms with Crippen LogP contribution in [0.1, 0.15) is 41.6 Å². The predicted molar refractivity (Wildman–Crippen MR) is 112 cm³/mol. The fraction of sp³-hybridized carbons (Fsp3) is 0.286. The molecule has 1 saturated carbocycles. The number of nitrogens with one attached hydrogen (secondary N) is 2. The van der Waals surface area contributed by atoms with Gasteiger partial charge in [0.15, 0.2) is 5.82 Å². The number of amides is 1. The van der Waals surface area contributed by atoms with Crippen LogP contribution >= 0.6 is 0 Å². The summed E-state index contributed by atoms with van der Waals surface area (Å²) in [7, 11) is -3.65. The molecule has 30 heavy (non-hydrogen) atoms. The molecule has 0 saturated heterocycles. The van der Waals surface area contributed by atoms with Crippen LogP contribution in [0.5, 0.6) is 0 Å². The smallest absolute Gasteiger partial charge is 0.251 e. The lowest BCUT2D eigenvalue weighted by Crippen LogP contribution is -2.33. The Morgan fingerprint density at radius 1 is 1.10 bits per heavy atom. The molecule has 0 unspecified atom stereocenters. The Morgan fingerprint density at radius 3 is 2.70 bits per heavy atom. The Bertz CT molecular complexity index is 1120. The first-order valence-electron chi connectivity index (χ1n) is 9.87. The Hall–Kier alpha value is -3.04. The van der Waals surface area contributed by atoms with Crippen molar-refractivity contribution in [1.82, 2.24) is 24.8 Å². The van der Waals surface area contributed by atoms with Crippen molar-refractivity contribution >= 4 is 15.9 Å². The van der Waals surface area contributed by atoms with E-state index < -0.39 is 10.0 Å². The van der Waals surface area contributed by atoms with Gasteiger partial charge in [0, 0.05) is 42.3 Å². The van der Waals surface area contributed by atoms with E-state index in [1.807, 2.05) is 6.07 Å². The molecular formula is C21H23N5O3S. The van der Waals surface area contributed by atoms with Gasteiger partial charge >= 0.3 is 0 Å². The quantitative estimate of drug-likeness (QED) is 0.605. The van der Waals surface area contributed by atoms with Crippen molar-refractivity contribution in [3.05, 3.63) is 72.2 Å². The van der Waals surface area contributed by atoms with E-state index in [4.69, 9.17) is 0 Å². The van der Waals surface area contributed by atoms with E-state index in [2.05, 4.69) is 20.1 Å². The number of sulfonamides is 1. The van der Waals surface area contributed by atoms with Gasteiger partial charge in [0.2, 0.25) is 10.0 Å². The maximum atomic E-state index is 12.7. The van der Waals surface area contributed by atoms with Crippen LogP contribution in [0, 0.1) is 0 Å². The molecule has 1 amide bonds.